The third kappa shape index (κ3) is 5.17. The first-order chi connectivity index (χ1) is 28.1. The van der Waals surface area contributed by atoms with Gasteiger partial charge in [0.1, 0.15) is 0 Å². The molecule has 9 aromatic rings. The average molecular weight is 731 g/mol. The smallest absolute Gasteiger partial charge is 0.0540 e. The molecule has 0 aromatic heterocycles. The Kier molecular flexibility index (Phi) is 7.69. The van der Waals surface area contributed by atoms with Crippen molar-refractivity contribution in [2.75, 3.05) is 10.2 Å². The van der Waals surface area contributed by atoms with Gasteiger partial charge in [-0.2, -0.15) is 0 Å². The van der Waals surface area contributed by atoms with Crippen molar-refractivity contribution in [2.45, 2.75) is 25.7 Å². The van der Waals surface area contributed by atoms with E-state index in [1.54, 1.807) is 0 Å². The molecule has 0 spiro atoms. The number of hydrogen-bond acceptors (Lipinski definition) is 2. The lowest BCUT2D eigenvalue weighted by Crippen LogP contribution is -2.35. The highest BCUT2D eigenvalue weighted by Gasteiger charge is 2.49. The fourth-order valence-corrected chi connectivity index (χ4v) is 10.1. The van der Waals surface area contributed by atoms with E-state index >= 15 is 0 Å². The first-order valence-corrected chi connectivity index (χ1v) is 20.1. The lowest BCUT2D eigenvalue weighted by atomic mass is 9.62. The van der Waals surface area contributed by atoms with Gasteiger partial charge >= 0.3 is 0 Å². The lowest BCUT2D eigenvalue weighted by molar-refractivity contribution is 0.457. The molecule has 2 aliphatic rings. The lowest BCUT2D eigenvalue weighted by Gasteiger charge is -2.40. The number of allylic oxidation sites excluding steroid dienone is 4. The maximum absolute atomic E-state index is 3.75. The van der Waals surface area contributed by atoms with Gasteiger partial charge in [-0.25, -0.2) is 0 Å². The zero-order valence-electron chi connectivity index (χ0n) is 32.2. The van der Waals surface area contributed by atoms with E-state index in [0.29, 0.717) is 0 Å². The van der Waals surface area contributed by atoms with Crippen LogP contribution in [0.2, 0.25) is 0 Å². The van der Waals surface area contributed by atoms with Gasteiger partial charge in [-0.1, -0.05) is 146 Å². The molecule has 11 rings (SSSR count). The van der Waals surface area contributed by atoms with Crippen molar-refractivity contribution in [1.29, 1.82) is 0 Å². The van der Waals surface area contributed by atoms with Crippen molar-refractivity contribution in [2.24, 2.45) is 5.92 Å². The Bertz CT molecular complexity index is 3030. The molecule has 9 aromatic carbocycles. The summed E-state index contributed by atoms with van der Waals surface area (Å²) >= 11 is 0. The minimum atomic E-state index is -0.355. The largest absolute Gasteiger partial charge is 0.355 e. The van der Waals surface area contributed by atoms with Gasteiger partial charge in [0, 0.05) is 33.5 Å². The number of rotatable bonds is 7. The van der Waals surface area contributed by atoms with Crippen LogP contribution < -0.4 is 10.2 Å². The third-order valence-corrected chi connectivity index (χ3v) is 12.5. The van der Waals surface area contributed by atoms with Crippen LogP contribution in [0.4, 0.5) is 28.4 Å². The summed E-state index contributed by atoms with van der Waals surface area (Å²) in [5.41, 5.74) is 14.5. The van der Waals surface area contributed by atoms with Gasteiger partial charge in [0.05, 0.1) is 11.1 Å². The van der Waals surface area contributed by atoms with Gasteiger partial charge in [-0.3, -0.25) is 0 Å². The predicted molar refractivity (Wildman–Crippen MR) is 242 cm³/mol. The molecule has 0 fully saturated rings. The topological polar surface area (TPSA) is 15.3 Å². The second-order valence-corrected chi connectivity index (χ2v) is 15.9. The molecule has 2 nitrogen and oxygen atoms in total. The van der Waals surface area contributed by atoms with E-state index in [1.807, 2.05) is 0 Å². The molecule has 1 unspecified atom stereocenters. The number of fused-ring (bicyclic) bond motifs is 3. The number of aryl methyl sites for hydroxylation is 2. The highest BCUT2D eigenvalue weighted by Crippen LogP contribution is 2.58. The van der Waals surface area contributed by atoms with Gasteiger partial charge in [0.2, 0.25) is 0 Å². The second kappa shape index (κ2) is 13.1. The molecule has 0 heterocycles. The van der Waals surface area contributed by atoms with Gasteiger partial charge in [0.25, 0.3) is 0 Å². The van der Waals surface area contributed by atoms with Crippen molar-refractivity contribution in [3.05, 3.63) is 222 Å². The summed E-state index contributed by atoms with van der Waals surface area (Å²) in [7, 11) is 0. The van der Waals surface area contributed by atoms with E-state index in [1.165, 1.54) is 76.9 Å². The van der Waals surface area contributed by atoms with Crippen LogP contribution in [0.25, 0.3) is 43.4 Å². The first kappa shape index (κ1) is 33.4. The zero-order valence-corrected chi connectivity index (χ0v) is 32.2. The standard InChI is InChI=1S/C55H42N2/c1-36-13-10-18-42(33-36)56-51-31-27-38-26-30-48-52(32-28-39-25-29-47(51)53(38)54(39)48)57(43-19-11-14-37(2)34-43)44-20-12-17-41(35-44)55(40-15-4-3-5-16-40)49-23-8-6-21-45(49)46-22-7-9-24-50(46)55/h3-15,17-35,40,56H,16H2,1-2H3. The quantitative estimate of drug-likeness (QED) is 0.164. The summed E-state index contributed by atoms with van der Waals surface area (Å²) in [6, 6.07) is 63.5. The first-order valence-electron chi connectivity index (χ1n) is 20.1. The van der Waals surface area contributed by atoms with Crippen LogP contribution in [0.1, 0.15) is 34.2 Å². The molecule has 2 heteroatoms. The summed E-state index contributed by atoms with van der Waals surface area (Å²) in [6.07, 6.45) is 10.2. The summed E-state index contributed by atoms with van der Waals surface area (Å²) in [4.78, 5) is 2.49. The minimum absolute atomic E-state index is 0.257. The van der Waals surface area contributed by atoms with Crippen molar-refractivity contribution < 1.29 is 0 Å². The van der Waals surface area contributed by atoms with Gasteiger partial charge < -0.3 is 10.2 Å². The van der Waals surface area contributed by atoms with Crippen LogP contribution >= 0.6 is 0 Å². The van der Waals surface area contributed by atoms with Crippen molar-refractivity contribution in [3.8, 4) is 11.1 Å². The molecule has 0 amide bonds. The Morgan fingerprint density at radius 3 is 1.89 bits per heavy atom. The normalized spacial score (nSPS) is 15.3. The van der Waals surface area contributed by atoms with Gasteiger partial charge in [0.15, 0.2) is 0 Å². The molecule has 0 radical (unpaired) electrons. The van der Waals surface area contributed by atoms with E-state index in [9.17, 15) is 0 Å². The van der Waals surface area contributed by atoms with E-state index in [2.05, 4.69) is 218 Å². The van der Waals surface area contributed by atoms with Gasteiger partial charge in [-0.05, 0) is 135 Å². The van der Waals surface area contributed by atoms with Gasteiger partial charge in [-0.15, -0.1) is 0 Å². The molecular weight excluding hydrogens is 689 g/mol. The Labute approximate surface area is 334 Å². The van der Waals surface area contributed by atoms with Crippen LogP contribution in [0.5, 0.6) is 0 Å². The zero-order chi connectivity index (χ0) is 38.1. The third-order valence-electron chi connectivity index (χ3n) is 12.5. The molecule has 0 aliphatic heterocycles. The predicted octanol–water partition coefficient (Wildman–Crippen LogP) is 14.9. The molecule has 1 atom stereocenters. The minimum Gasteiger partial charge on any atom is -0.355 e. The molecule has 0 bridgehead atoms. The molecule has 2 aliphatic carbocycles. The van der Waals surface area contributed by atoms with Crippen molar-refractivity contribution in [3.63, 3.8) is 0 Å². The van der Waals surface area contributed by atoms with Crippen LogP contribution in [0, 0.1) is 19.8 Å². The summed E-state index contributed by atoms with van der Waals surface area (Å²) in [6.45, 7) is 4.33. The van der Waals surface area contributed by atoms with Crippen molar-refractivity contribution >= 4 is 60.8 Å². The molecule has 272 valence electrons. The summed E-state index contributed by atoms with van der Waals surface area (Å²) < 4.78 is 0. The average Bonchev–Trinajstić information content (AvgIpc) is 3.55. The Hall–Kier alpha value is -6.90. The van der Waals surface area contributed by atoms with E-state index in [4.69, 9.17) is 0 Å². The van der Waals surface area contributed by atoms with Crippen LogP contribution in [0.15, 0.2) is 194 Å². The number of hydrogen-bond donors (Lipinski definition) is 1. The number of anilines is 5. The SMILES string of the molecule is Cc1cccc(Nc2ccc3ccc4c(N(c5cccc(C)c5)c5cccc(C6(C7C=CC=CC7)c7ccccc7-c7ccccc76)c5)ccc5ccc2c3c54)c1. The molecular formula is C55H42N2. The highest BCUT2D eigenvalue weighted by molar-refractivity contribution is 6.27. The number of nitrogens with zero attached hydrogens (tertiary/aromatic N) is 1. The second-order valence-electron chi connectivity index (χ2n) is 15.9. The Morgan fingerprint density at radius 1 is 0.544 bits per heavy atom. The molecule has 0 saturated heterocycles. The summed E-state index contributed by atoms with van der Waals surface area (Å²) in [5.74, 6) is 0.257. The fraction of sp³-hybridized carbons (Fsp3) is 0.0909. The van der Waals surface area contributed by atoms with E-state index in [-0.39, 0.29) is 11.3 Å². The molecule has 57 heavy (non-hydrogen) atoms. The van der Waals surface area contributed by atoms with Crippen LogP contribution in [-0.2, 0) is 5.41 Å². The Morgan fingerprint density at radius 2 is 1.18 bits per heavy atom. The summed E-state index contributed by atoms with van der Waals surface area (Å²) in [5, 5.41) is 11.3. The van der Waals surface area contributed by atoms with Crippen molar-refractivity contribution in [1.82, 2.24) is 0 Å². The maximum atomic E-state index is 3.75. The van der Waals surface area contributed by atoms with Crippen LogP contribution in [0.3, 0.4) is 0 Å². The maximum Gasteiger partial charge on any atom is 0.0540 e. The Balaban J connectivity index is 1.15. The molecule has 1 N–H and O–H groups in total. The fourth-order valence-electron chi connectivity index (χ4n) is 10.1. The van der Waals surface area contributed by atoms with E-state index in [0.717, 1.165) is 29.2 Å². The van der Waals surface area contributed by atoms with Crippen LogP contribution in [-0.4, -0.2) is 0 Å². The van der Waals surface area contributed by atoms with E-state index < -0.39 is 0 Å². The number of benzene rings is 9. The monoisotopic (exact) mass is 730 g/mol. The molecule has 0 saturated carbocycles. The highest BCUT2D eigenvalue weighted by atomic mass is 15.1. The number of nitrogens with one attached hydrogen (secondary N) is 1.